The van der Waals surface area contributed by atoms with Crippen molar-refractivity contribution in [2.24, 2.45) is 0 Å². The largest absolute Gasteiger partial charge is 0.417 e. The molecular weight excluding hydrogens is 698 g/mol. The standard InChI is InChI=1S/C33H29Cl3F3N3O4S/c1-21-8-12-25(13-9-21)47(45,46)42(24-11-15-27(34)26(18-24)33(37,38)39)20-31(43)41(19-23-10-14-28(35)29(36)16-23)30(32(44)40-2)17-22-6-4-3-5-7-22/h3-16,18,30H,17,19-20H2,1-2H3,(H,40,44)/t30-/m0/s1. The molecule has 0 saturated heterocycles. The maximum absolute atomic E-state index is 14.3. The highest BCUT2D eigenvalue weighted by atomic mass is 35.5. The molecule has 4 rings (SSSR count). The highest BCUT2D eigenvalue weighted by Gasteiger charge is 2.37. The van der Waals surface area contributed by atoms with Crippen LogP contribution in [0.5, 0.6) is 0 Å². The quantitative estimate of drug-likeness (QED) is 0.173. The second kappa shape index (κ2) is 15.0. The van der Waals surface area contributed by atoms with Gasteiger partial charge in [-0.15, -0.1) is 0 Å². The molecule has 4 aromatic carbocycles. The first-order chi connectivity index (χ1) is 22.1. The number of carbonyl (C=O) groups excluding carboxylic acids is 2. The van der Waals surface area contributed by atoms with E-state index >= 15 is 0 Å². The van der Waals surface area contributed by atoms with E-state index in [-0.39, 0.29) is 27.9 Å². The number of alkyl halides is 3. The first kappa shape index (κ1) is 36.1. The Hall–Kier alpha value is -3.77. The first-order valence-electron chi connectivity index (χ1n) is 14.1. The van der Waals surface area contributed by atoms with Crippen molar-refractivity contribution in [1.82, 2.24) is 10.2 Å². The molecule has 0 bridgehead atoms. The lowest BCUT2D eigenvalue weighted by atomic mass is 10.0. The van der Waals surface area contributed by atoms with Crippen LogP contribution >= 0.6 is 34.8 Å². The number of likely N-dealkylation sites (N-methyl/N-ethyl adjacent to an activating group) is 1. The van der Waals surface area contributed by atoms with Crippen molar-refractivity contribution in [3.05, 3.63) is 128 Å². The lowest BCUT2D eigenvalue weighted by Gasteiger charge is -2.33. The van der Waals surface area contributed by atoms with Crippen LogP contribution in [0.15, 0.2) is 95.9 Å². The summed E-state index contributed by atoms with van der Waals surface area (Å²) in [5.41, 5.74) is 0.163. The summed E-state index contributed by atoms with van der Waals surface area (Å²) in [7, 11) is -3.24. The van der Waals surface area contributed by atoms with E-state index < -0.39 is 56.9 Å². The SMILES string of the molecule is CNC(=O)[C@H](Cc1ccccc1)N(Cc1ccc(Cl)c(Cl)c1)C(=O)CN(c1ccc(Cl)c(C(F)(F)F)c1)S(=O)(=O)c1ccc(C)cc1. The van der Waals surface area contributed by atoms with Crippen LogP contribution in [0.4, 0.5) is 18.9 Å². The van der Waals surface area contributed by atoms with Crippen molar-refractivity contribution < 1.29 is 31.2 Å². The molecule has 1 atom stereocenters. The third-order valence-corrected chi connectivity index (χ3v) is 10.1. The Morgan fingerprint density at radius 1 is 0.830 bits per heavy atom. The van der Waals surface area contributed by atoms with Crippen LogP contribution in [0.1, 0.15) is 22.3 Å². The van der Waals surface area contributed by atoms with Crippen molar-refractivity contribution >= 4 is 62.3 Å². The summed E-state index contributed by atoms with van der Waals surface area (Å²) in [6.45, 7) is 0.561. The molecule has 0 aliphatic rings. The van der Waals surface area contributed by atoms with Crippen LogP contribution in [-0.2, 0) is 38.8 Å². The van der Waals surface area contributed by atoms with E-state index in [2.05, 4.69) is 5.32 Å². The minimum atomic E-state index is -4.92. The van der Waals surface area contributed by atoms with Crippen molar-refractivity contribution in [3.63, 3.8) is 0 Å². The first-order valence-corrected chi connectivity index (χ1v) is 16.6. The molecule has 47 heavy (non-hydrogen) atoms. The number of rotatable bonds is 11. The third kappa shape index (κ3) is 8.78. The van der Waals surface area contributed by atoms with Gasteiger partial charge in [0.2, 0.25) is 11.8 Å². The Kier molecular flexibility index (Phi) is 11.5. The predicted molar refractivity (Wildman–Crippen MR) is 177 cm³/mol. The van der Waals surface area contributed by atoms with Crippen LogP contribution < -0.4 is 9.62 Å². The lowest BCUT2D eigenvalue weighted by molar-refractivity contribution is -0.139. The van der Waals surface area contributed by atoms with E-state index in [1.165, 1.54) is 48.3 Å². The molecule has 0 aliphatic heterocycles. The van der Waals surface area contributed by atoms with Crippen LogP contribution in [-0.4, -0.2) is 44.8 Å². The van der Waals surface area contributed by atoms with E-state index in [0.29, 0.717) is 21.5 Å². The Balaban J connectivity index is 1.86. The van der Waals surface area contributed by atoms with Gasteiger partial charge in [0.15, 0.2) is 0 Å². The Morgan fingerprint density at radius 2 is 1.47 bits per heavy atom. The number of amides is 2. The van der Waals surface area contributed by atoms with Gasteiger partial charge in [0, 0.05) is 20.0 Å². The fraction of sp³-hybridized carbons (Fsp3) is 0.212. The Morgan fingerprint density at radius 3 is 2.06 bits per heavy atom. The minimum absolute atomic E-state index is 0.0391. The smallest absolute Gasteiger partial charge is 0.357 e. The van der Waals surface area contributed by atoms with E-state index in [1.807, 2.05) is 0 Å². The van der Waals surface area contributed by atoms with Crippen LogP contribution in [0.25, 0.3) is 0 Å². The number of aryl methyl sites for hydroxylation is 1. The number of anilines is 1. The molecule has 0 aliphatic carbocycles. The monoisotopic (exact) mass is 725 g/mol. The summed E-state index contributed by atoms with van der Waals surface area (Å²) < 4.78 is 70.4. The molecule has 0 aromatic heterocycles. The fourth-order valence-electron chi connectivity index (χ4n) is 4.81. The molecule has 0 saturated carbocycles. The summed E-state index contributed by atoms with van der Waals surface area (Å²) in [6.07, 6.45) is -4.88. The average molecular weight is 727 g/mol. The van der Waals surface area contributed by atoms with E-state index in [4.69, 9.17) is 34.8 Å². The molecule has 0 spiro atoms. The predicted octanol–water partition coefficient (Wildman–Crippen LogP) is 7.56. The van der Waals surface area contributed by atoms with E-state index in [1.54, 1.807) is 43.3 Å². The number of nitrogens with one attached hydrogen (secondary N) is 1. The molecular formula is C33H29Cl3F3N3O4S. The number of sulfonamides is 1. The zero-order valence-corrected chi connectivity index (χ0v) is 28.1. The van der Waals surface area contributed by atoms with Gasteiger partial charge in [0.1, 0.15) is 12.6 Å². The molecule has 4 aromatic rings. The summed E-state index contributed by atoms with van der Waals surface area (Å²) in [6, 6.07) is 20.5. The zero-order valence-electron chi connectivity index (χ0n) is 25.1. The molecule has 0 radical (unpaired) electrons. The highest BCUT2D eigenvalue weighted by molar-refractivity contribution is 7.92. The molecule has 248 valence electrons. The van der Waals surface area contributed by atoms with Crippen LogP contribution in [0, 0.1) is 6.92 Å². The molecule has 1 N–H and O–H groups in total. The van der Waals surface area contributed by atoms with Crippen LogP contribution in [0.2, 0.25) is 15.1 Å². The molecule has 0 heterocycles. The minimum Gasteiger partial charge on any atom is -0.357 e. The highest BCUT2D eigenvalue weighted by Crippen LogP contribution is 2.38. The van der Waals surface area contributed by atoms with Gasteiger partial charge in [-0.2, -0.15) is 13.2 Å². The number of hydrogen-bond donors (Lipinski definition) is 1. The van der Waals surface area contributed by atoms with Crippen molar-refractivity contribution in [1.29, 1.82) is 0 Å². The second-order valence-electron chi connectivity index (χ2n) is 10.6. The summed E-state index contributed by atoms with van der Waals surface area (Å²) in [5.74, 6) is -1.43. The van der Waals surface area contributed by atoms with Gasteiger partial charge < -0.3 is 10.2 Å². The fourth-order valence-corrected chi connectivity index (χ4v) is 6.76. The van der Waals surface area contributed by atoms with Gasteiger partial charge in [0.25, 0.3) is 10.0 Å². The van der Waals surface area contributed by atoms with Gasteiger partial charge >= 0.3 is 6.18 Å². The average Bonchev–Trinajstić information content (AvgIpc) is 3.03. The zero-order chi connectivity index (χ0) is 34.5. The molecule has 7 nitrogen and oxygen atoms in total. The van der Waals surface area contributed by atoms with Gasteiger partial charge in [0.05, 0.1) is 31.2 Å². The molecule has 2 amide bonds. The third-order valence-electron chi connectivity index (χ3n) is 7.29. The topological polar surface area (TPSA) is 86.8 Å². The van der Waals surface area contributed by atoms with Gasteiger partial charge in [-0.3, -0.25) is 13.9 Å². The second-order valence-corrected chi connectivity index (χ2v) is 13.7. The maximum atomic E-state index is 14.3. The molecule has 0 unspecified atom stereocenters. The van der Waals surface area contributed by atoms with Crippen molar-refractivity contribution in [2.75, 3.05) is 17.9 Å². The summed E-state index contributed by atoms with van der Waals surface area (Å²) in [4.78, 5) is 28.6. The molecule has 0 fully saturated rings. The number of halogens is 6. The van der Waals surface area contributed by atoms with Gasteiger partial charge in [-0.1, -0.05) is 88.9 Å². The van der Waals surface area contributed by atoms with Crippen molar-refractivity contribution in [3.8, 4) is 0 Å². The van der Waals surface area contributed by atoms with Gasteiger partial charge in [-0.25, -0.2) is 8.42 Å². The number of hydrogen-bond acceptors (Lipinski definition) is 4. The maximum Gasteiger partial charge on any atom is 0.417 e. The summed E-state index contributed by atoms with van der Waals surface area (Å²) in [5, 5.41) is 2.33. The Labute approximate surface area is 285 Å². The van der Waals surface area contributed by atoms with E-state index in [9.17, 15) is 31.2 Å². The Bertz CT molecular complexity index is 1860. The number of nitrogens with zero attached hydrogens (tertiary/aromatic N) is 2. The molecule has 14 heteroatoms. The number of benzene rings is 4. The van der Waals surface area contributed by atoms with E-state index in [0.717, 1.165) is 17.7 Å². The van der Waals surface area contributed by atoms with Crippen molar-refractivity contribution in [2.45, 2.75) is 37.0 Å². The number of carbonyl (C=O) groups is 2. The van der Waals surface area contributed by atoms with Crippen LogP contribution in [0.3, 0.4) is 0 Å². The normalized spacial score (nSPS) is 12.3. The summed E-state index contributed by atoms with van der Waals surface area (Å²) >= 11 is 18.2. The lowest BCUT2D eigenvalue weighted by Crippen LogP contribution is -2.53. The van der Waals surface area contributed by atoms with Gasteiger partial charge in [-0.05, 0) is 60.5 Å².